The van der Waals surface area contributed by atoms with Crippen LogP contribution < -0.4 is 0 Å². The summed E-state index contributed by atoms with van der Waals surface area (Å²) in [6.45, 7) is 0.914. The van der Waals surface area contributed by atoms with Crippen LogP contribution in [-0.4, -0.2) is 23.4 Å². The second-order valence-corrected chi connectivity index (χ2v) is 6.48. The topological polar surface area (TPSA) is 33.5 Å². The van der Waals surface area contributed by atoms with Crippen molar-refractivity contribution in [1.82, 2.24) is 4.90 Å². The minimum atomic E-state index is 0.141. The van der Waals surface area contributed by atoms with Crippen LogP contribution in [0.15, 0.2) is 53.1 Å². The molecule has 1 amide bonds. The Morgan fingerprint density at radius 2 is 2.05 bits per heavy atom. The molecule has 1 saturated carbocycles. The number of carbonyl (C=O) groups is 1. The fraction of sp³-hybridized carbons (Fsp3) is 0.421. The molecule has 1 aliphatic carbocycles. The number of amides is 1. The summed E-state index contributed by atoms with van der Waals surface area (Å²) < 4.78 is 5.45. The van der Waals surface area contributed by atoms with Gasteiger partial charge in [0.2, 0.25) is 5.91 Å². The van der Waals surface area contributed by atoms with Gasteiger partial charge < -0.3 is 9.32 Å². The van der Waals surface area contributed by atoms with Gasteiger partial charge in [-0.05, 0) is 43.4 Å². The Balaban J connectivity index is 1.42. The summed E-state index contributed by atoms with van der Waals surface area (Å²) in [7, 11) is 0. The molecule has 0 unspecified atom stereocenters. The summed E-state index contributed by atoms with van der Waals surface area (Å²) in [4.78, 5) is 14.9. The third-order valence-electron chi connectivity index (χ3n) is 4.99. The molecule has 1 aromatic carbocycles. The predicted octanol–water partition coefficient (Wildman–Crippen LogP) is 3.62. The van der Waals surface area contributed by atoms with Crippen molar-refractivity contribution in [2.45, 2.75) is 37.6 Å². The lowest BCUT2D eigenvalue weighted by Crippen LogP contribution is -2.38. The van der Waals surface area contributed by atoms with E-state index in [9.17, 15) is 4.79 Å². The molecule has 3 nitrogen and oxygen atoms in total. The van der Waals surface area contributed by atoms with Crippen molar-refractivity contribution in [3.63, 3.8) is 0 Å². The monoisotopic (exact) mass is 295 g/mol. The maximum absolute atomic E-state index is 12.8. The zero-order chi connectivity index (χ0) is 14.9. The van der Waals surface area contributed by atoms with Gasteiger partial charge in [0.1, 0.15) is 5.76 Å². The number of hydrogen-bond acceptors (Lipinski definition) is 2. The smallest absolute Gasteiger partial charge is 0.226 e. The fourth-order valence-corrected chi connectivity index (χ4v) is 3.72. The summed E-state index contributed by atoms with van der Waals surface area (Å²) in [5.41, 5.74) is 1.32. The van der Waals surface area contributed by atoms with Crippen molar-refractivity contribution >= 4 is 5.91 Å². The molecule has 2 aromatic rings. The van der Waals surface area contributed by atoms with Crippen molar-refractivity contribution in [3.8, 4) is 0 Å². The molecule has 3 heteroatoms. The van der Waals surface area contributed by atoms with Gasteiger partial charge in [-0.15, -0.1) is 0 Å². The Hall–Kier alpha value is -2.03. The Bertz CT molecular complexity index is 635. The summed E-state index contributed by atoms with van der Waals surface area (Å²) in [5.74, 6) is 1.75. The highest BCUT2D eigenvalue weighted by molar-refractivity contribution is 5.83. The molecule has 114 valence electrons. The number of hydrogen-bond donors (Lipinski definition) is 0. The standard InChI is InChI=1S/C19H21NO2/c21-19(17-13-16(17)18-9-5-11-22-18)20-10-4-8-15(20)12-14-6-2-1-3-7-14/h1-3,5-7,9,11,15-17H,4,8,10,12-13H2/t15-,16-,17+/m0/s1. The van der Waals surface area contributed by atoms with E-state index in [1.807, 2.05) is 18.2 Å². The molecule has 0 radical (unpaired) electrons. The molecule has 1 saturated heterocycles. The normalized spacial score (nSPS) is 27.1. The molecule has 22 heavy (non-hydrogen) atoms. The first kappa shape index (κ1) is 13.6. The minimum Gasteiger partial charge on any atom is -0.469 e. The number of nitrogens with zero attached hydrogens (tertiary/aromatic N) is 1. The molecular weight excluding hydrogens is 274 g/mol. The van der Waals surface area contributed by atoms with E-state index in [0.29, 0.717) is 17.9 Å². The van der Waals surface area contributed by atoms with Gasteiger partial charge in [0.25, 0.3) is 0 Å². The van der Waals surface area contributed by atoms with E-state index in [1.165, 1.54) is 5.56 Å². The zero-order valence-corrected chi connectivity index (χ0v) is 12.7. The molecule has 3 atom stereocenters. The SMILES string of the molecule is O=C([C@@H]1C[C@@H]1c1ccco1)N1CCC[C@H]1Cc1ccccc1. The van der Waals surface area contributed by atoms with Crippen LogP contribution in [0.4, 0.5) is 0 Å². The molecular formula is C19H21NO2. The lowest BCUT2D eigenvalue weighted by Gasteiger charge is -2.25. The first-order valence-corrected chi connectivity index (χ1v) is 8.21. The Morgan fingerprint density at radius 1 is 1.18 bits per heavy atom. The Morgan fingerprint density at radius 3 is 2.82 bits per heavy atom. The average Bonchev–Trinajstić information content (AvgIpc) is 2.96. The van der Waals surface area contributed by atoms with Gasteiger partial charge in [0.05, 0.1) is 6.26 Å². The van der Waals surface area contributed by atoms with Gasteiger partial charge >= 0.3 is 0 Å². The molecule has 0 N–H and O–H groups in total. The van der Waals surface area contributed by atoms with E-state index in [-0.39, 0.29) is 5.92 Å². The van der Waals surface area contributed by atoms with Crippen LogP contribution in [0.2, 0.25) is 0 Å². The Labute approximate surface area is 130 Å². The largest absolute Gasteiger partial charge is 0.469 e. The number of carbonyl (C=O) groups excluding carboxylic acids is 1. The van der Waals surface area contributed by atoms with Crippen LogP contribution in [0.1, 0.15) is 36.5 Å². The molecule has 0 spiro atoms. The molecule has 1 aromatic heterocycles. The summed E-state index contributed by atoms with van der Waals surface area (Å²) in [6.07, 6.45) is 5.87. The predicted molar refractivity (Wildman–Crippen MR) is 84.4 cm³/mol. The van der Waals surface area contributed by atoms with E-state index in [1.54, 1.807) is 6.26 Å². The average molecular weight is 295 g/mol. The van der Waals surface area contributed by atoms with Gasteiger partial charge in [-0.1, -0.05) is 30.3 Å². The molecule has 4 rings (SSSR count). The summed E-state index contributed by atoms with van der Waals surface area (Å²) in [6, 6.07) is 14.8. The van der Waals surface area contributed by atoms with Crippen molar-refractivity contribution in [2.24, 2.45) is 5.92 Å². The van der Waals surface area contributed by atoms with Crippen LogP contribution in [0.5, 0.6) is 0 Å². The van der Waals surface area contributed by atoms with Gasteiger partial charge in [-0.25, -0.2) is 0 Å². The fourth-order valence-electron chi connectivity index (χ4n) is 3.72. The summed E-state index contributed by atoms with van der Waals surface area (Å²) >= 11 is 0. The molecule has 2 aliphatic rings. The second kappa shape index (κ2) is 5.64. The van der Waals surface area contributed by atoms with Crippen LogP contribution in [0.3, 0.4) is 0 Å². The van der Waals surface area contributed by atoms with Crippen molar-refractivity contribution in [1.29, 1.82) is 0 Å². The highest BCUT2D eigenvalue weighted by atomic mass is 16.3. The number of likely N-dealkylation sites (tertiary alicyclic amines) is 1. The lowest BCUT2D eigenvalue weighted by molar-refractivity contribution is -0.133. The molecule has 0 bridgehead atoms. The number of rotatable bonds is 4. The maximum Gasteiger partial charge on any atom is 0.226 e. The zero-order valence-electron chi connectivity index (χ0n) is 12.7. The first-order valence-electron chi connectivity index (χ1n) is 8.21. The van der Waals surface area contributed by atoms with Crippen LogP contribution in [0, 0.1) is 5.92 Å². The second-order valence-electron chi connectivity index (χ2n) is 6.48. The highest BCUT2D eigenvalue weighted by Crippen LogP contribution is 2.49. The van der Waals surface area contributed by atoms with Gasteiger partial charge in [0, 0.05) is 24.4 Å². The van der Waals surface area contributed by atoms with Crippen LogP contribution >= 0.6 is 0 Å². The van der Waals surface area contributed by atoms with Crippen LogP contribution in [-0.2, 0) is 11.2 Å². The third kappa shape index (κ3) is 2.56. The minimum absolute atomic E-state index is 0.141. The molecule has 2 fully saturated rings. The van der Waals surface area contributed by atoms with Gasteiger partial charge in [0.15, 0.2) is 0 Å². The first-order chi connectivity index (χ1) is 10.8. The Kier molecular flexibility index (Phi) is 3.49. The van der Waals surface area contributed by atoms with E-state index in [2.05, 4.69) is 29.2 Å². The lowest BCUT2D eigenvalue weighted by atomic mass is 10.0. The van der Waals surface area contributed by atoms with Crippen molar-refractivity contribution < 1.29 is 9.21 Å². The highest BCUT2D eigenvalue weighted by Gasteiger charge is 2.49. The quantitative estimate of drug-likeness (QED) is 0.863. The number of benzene rings is 1. The maximum atomic E-state index is 12.8. The third-order valence-corrected chi connectivity index (χ3v) is 4.99. The summed E-state index contributed by atoms with van der Waals surface area (Å²) in [5, 5.41) is 0. The van der Waals surface area contributed by atoms with E-state index in [4.69, 9.17) is 4.42 Å². The molecule has 1 aliphatic heterocycles. The van der Waals surface area contributed by atoms with Gasteiger partial charge in [-0.3, -0.25) is 4.79 Å². The van der Waals surface area contributed by atoms with E-state index >= 15 is 0 Å². The number of furan rings is 1. The van der Waals surface area contributed by atoms with E-state index in [0.717, 1.165) is 38.0 Å². The van der Waals surface area contributed by atoms with Crippen molar-refractivity contribution in [2.75, 3.05) is 6.54 Å². The van der Waals surface area contributed by atoms with Crippen LogP contribution in [0.25, 0.3) is 0 Å². The molecule has 2 heterocycles. The van der Waals surface area contributed by atoms with E-state index < -0.39 is 0 Å². The van der Waals surface area contributed by atoms with Gasteiger partial charge in [-0.2, -0.15) is 0 Å². The van der Waals surface area contributed by atoms with Crippen molar-refractivity contribution in [3.05, 3.63) is 60.1 Å².